The third kappa shape index (κ3) is 5.89. The van der Waals surface area contributed by atoms with Crippen molar-refractivity contribution in [3.63, 3.8) is 0 Å². The maximum atomic E-state index is 13.2. The number of aryl methyl sites for hydroxylation is 1. The highest BCUT2D eigenvalue weighted by Gasteiger charge is 2.37. The number of nitrogens with one attached hydrogen (secondary N) is 1. The van der Waals surface area contributed by atoms with Crippen molar-refractivity contribution in [3.8, 4) is 5.75 Å². The standard InChI is InChI=1S/C25H16BrClI2N2O4/c1-13-2-7-17(11-19(13)27)31-24(33)18(23(32)30-25(31)34)8-15-9-20(28)22(21(29)10-15)35-12-14-3-5-16(26)6-4-14/h2-11H,12H2,1H3,(H,30,32,34)/b18-8-. The molecule has 1 fully saturated rings. The zero-order valence-corrected chi connectivity index (χ0v) is 24.7. The largest absolute Gasteiger partial charge is 0.487 e. The summed E-state index contributed by atoms with van der Waals surface area (Å²) in [6, 6.07) is 15.5. The average molecular weight is 778 g/mol. The van der Waals surface area contributed by atoms with Crippen molar-refractivity contribution in [1.29, 1.82) is 0 Å². The number of carbonyl (C=O) groups excluding carboxylic acids is 3. The van der Waals surface area contributed by atoms with Crippen molar-refractivity contribution in [2.75, 3.05) is 4.90 Å². The summed E-state index contributed by atoms with van der Waals surface area (Å²) in [5, 5.41) is 2.64. The Morgan fingerprint density at radius 3 is 2.31 bits per heavy atom. The first-order valence-corrected chi connectivity index (χ1v) is 13.5. The van der Waals surface area contributed by atoms with E-state index in [0.29, 0.717) is 22.9 Å². The van der Waals surface area contributed by atoms with E-state index in [-0.39, 0.29) is 11.3 Å². The fraction of sp³-hybridized carbons (Fsp3) is 0.0800. The van der Waals surface area contributed by atoms with Crippen LogP contribution in [0.4, 0.5) is 10.5 Å². The molecule has 10 heteroatoms. The van der Waals surface area contributed by atoms with Crippen LogP contribution in [0.15, 0.2) is 64.6 Å². The van der Waals surface area contributed by atoms with E-state index in [1.807, 2.05) is 43.3 Å². The van der Waals surface area contributed by atoms with Crippen LogP contribution < -0.4 is 15.0 Å². The molecular weight excluding hydrogens is 761 g/mol. The molecule has 1 aliphatic heterocycles. The number of benzene rings is 3. The lowest BCUT2D eigenvalue weighted by Crippen LogP contribution is -2.54. The number of rotatable bonds is 5. The summed E-state index contributed by atoms with van der Waals surface area (Å²) in [6.45, 7) is 2.21. The lowest BCUT2D eigenvalue weighted by Gasteiger charge is -2.26. The number of barbiturate groups is 1. The quantitative estimate of drug-likeness (QED) is 0.175. The van der Waals surface area contributed by atoms with Crippen molar-refractivity contribution in [2.45, 2.75) is 13.5 Å². The van der Waals surface area contributed by atoms with Crippen molar-refractivity contribution in [3.05, 3.63) is 93.5 Å². The van der Waals surface area contributed by atoms with E-state index in [4.69, 9.17) is 16.3 Å². The molecule has 0 saturated carbocycles. The Bertz CT molecular complexity index is 1370. The number of urea groups is 1. The molecule has 35 heavy (non-hydrogen) atoms. The van der Waals surface area contributed by atoms with Crippen LogP contribution in [-0.2, 0) is 16.2 Å². The van der Waals surface area contributed by atoms with Gasteiger partial charge in [0.1, 0.15) is 17.9 Å². The highest BCUT2D eigenvalue weighted by molar-refractivity contribution is 14.1. The molecule has 6 nitrogen and oxygen atoms in total. The molecule has 1 N–H and O–H groups in total. The number of hydrogen-bond acceptors (Lipinski definition) is 4. The molecule has 1 saturated heterocycles. The van der Waals surface area contributed by atoms with Gasteiger partial charge in [-0.3, -0.25) is 14.9 Å². The molecule has 0 spiro atoms. The fourth-order valence-corrected chi connectivity index (χ4v) is 5.88. The molecule has 1 heterocycles. The number of nitrogens with zero attached hydrogens (tertiary/aromatic N) is 1. The number of carbonyl (C=O) groups is 3. The summed E-state index contributed by atoms with van der Waals surface area (Å²) < 4.78 is 8.66. The van der Waals surface area contributed by atoms with Crippen molar-refractivity contribution >= 4 is 102 Å². The topological polar surface area (TPSA) is 75.7 Å². The number of halogens is 4. The zero-order chi connectivity index (χ0) is 25.3. The van der Waals surface area contributed by atoms with E-state index in [1.165, 1.54) is 12.1 Å². The Kier molecular flexibility index (Phi) is 8.19. The minimum atomic E-state index is -0.821. The maximum absolute atomic E-state index is 13.2. The second-order valence-corrected chi connectivity index (χ2v) is 11.3. The molecule has 0 aliphatic carbocycles. The Labute approximate surface area is 242 Å². The first kappa shape index (κ1) is 26.1. The van der Waals surface area contributed by atoms with E-state index < -0.39 is 17.8 Å². The molecule has 0 radical (unpaired) electrons. The van der Waals surface area contributed by atoms with Gasteiger partial charge in [0.25, 0.3) is 11.8 Å². The number of hydrogen-bond donors (Lipinski definition) is 1. The Morgan fingerprint density at radius 1 is 1.03 bits per heavy atom. The molecule has 3 aromatic carbocycles. The summed E-state index contributed by atoms with van der Waals surface area (Å²) >= 11 is 13.9. The number of anilines is 1. The summed E-state index contributed by atoms with van der Waals surface area (Å²) in [5.74, 6) is -0.768. The van der Waals surface area contributed by atoms with Gasteiger partial charge in [0, 0.05) is 9.50 Å². The van der Waals surface area contributed by atoms with Crippen LogP contribution in [0.25, 0.3) is 6.08 Å². The predicted molar refractivity (Wildman–Crippen MR) is 156 cm³/mol. The van der Waals surface area contributed by atoms with Crippen molar-refractivity contribution < 1.29 is 19.1 Å². The molecule has 0 aromatic heterocycles. The molecular formula is C25H16BrClI2N2O4. The Morgan fingerprint density at radius 2 is 1.69 bits per heavy atom. The number of imide groups is 2. The predicted octanol–water partition coefficient (Wildman–Crippen LogP) is 6.87. The van der Waals surface area contributed by atoms with Gasteiger partial charge in [-0.1, -0.05) is 45.7 Å². The monoisotopic (exact) mass is 776 g/mol. The number of ether oxygens (including phenoxy) is 1. The highest BCUT2D eigenvalue weighted by Crippen LogP contribution is 2.32. The fourth-order valence-electron chi connectivity index (χ4n) is 3.32. The molecule has 4 amide bonds. The van der Waals surface area contributed by atoms with E-state index in [2.05, 4.69) is 66.4 Å². The summed E-state index contributed by atoms with van der Waals surface area (Å²) in [6.07, 6.45) is 1.47. The smallest absolute Gasteiger partial charge is 0.335 e. The molecule has 4 rings (SSSR count). The van der Waals surface area contributed by atoms with Gasteiger partial charge in [0.2, 0.25) is 0 Å². The maximum Gasteiger partial charge on any atom is 0.335 e. The third-order valence-corrected chi connectivity index (χ3v) is 7.68. The van der Waals surface area contributed by atoms with Gasteiger partial charge in [0.15, 0.2) is 0 Å². The Hall–Kier alpha value is -1.96. The second kappa shape index (κ2) is 11.0. The Balaban J connectivity index is 1.61. The minimum absolute atomic E-state index is 0.156. The average Bonchev–Trinajstić information content (AvgIpc) is 2.79. The van der Waals surface area contributed by atoms with Gasteiger partial charge >= 0.3 is 6.03 Å². The molecule has 1 aliphatic rings. The molecule has 178 valence electrons. The highest BCUT2D eigenvalue weighted by atomic mass is 127. The summed E-state index contributed by atoms with van der Waals surface area (Å²) in [5.41, 5.74) is 2.58. The molecule has 3 aromatic rings. The minimum Gasteiger partial charge on any atom is -0.487 e. The van der Waals surface area contributed by atoms with Gasteiger partial charge in [-0.05, 0) is 111 Å². The van der Waals surface area contributed by atoms with E-state index in [9.17, 15) is 14.4 Å². The summed E-state index contributed by atoms with van der Waals surface area (Å²) in [7, 11) is 0. The zero-order valence-electron chi connectivity index (χ0n) is 18.1. The van der Waals surface area contributed by atoms with Crippen LogP contribution in [-0.4, -0.2) is 17.8 Å². The first-order chi connectivity index (χ1) is 16.6. The lowest BCUT2D eigenvalue weighted by molar-refractivity contribution is -0.122. The van der Waals surface area contributed by atoms with E-state index in [1.54, 1.807) is 12.1 Å². The molecule has 0 bridgehead atoms. The van der Waals surface area contributed by atoms with Gasteiger partial charge in [-0.25, -0.2) is 9.69 Å². The van der Waals surface area contributed by atoms with Crippen LogP contribution in [0, 0.1) is 14.1 Å². The SMILES string of the molecule is Cc1ccc(N2C(=O)NC(=O)/C(=C/c3cc(I)c(OCc4ccc(Br)cc4)c(I)c3)C2=O)cc1Cl. The van der Waals surface area contributed by atoms with E-state index >= 15 is 0 Å². The number of amides is 4. The van der Waals surface area contributed by atoms with Gasteiger partial charge in [-0.2, -0.15) is 0 Å². The van der Waals surface area contributed by atoms with E-state index in [0.717, 1.165) is 27.6 Å². The molecule has 0 atom stereocenters. The van der Waals surface area contributed by atoms with Crippen LogP contribution in [0.5, 0.6) is 5.75 Å². The van der Waals surface area contributed by atoms with Crippen molar-refractivity contribution in [2.24, 2.45) is 0 Å². The normalized spacial score (nSPS) is 14.9. The van der Waals surface area contributed by atoms with Gasteiger partial charge in [0.05, 0.1) is 12.8 Å². The van der Waals surface area contributed by atoms with Crippen molar-refractivity contribution in [1.82, 2.24) is 5.32 Å². The van der Waals surface area contributed by atoms with Gasteiger partial charge < -0.3 is 4.74 Å². The van der Waals surface area contributed by atoms with Crippen LogP contribution in [0.3, 0.4) is 0 Å². The first-order valence-electron chi connectivity index (χ1n) is 10.2. The second-order valence-electron chi connectivity index (χ2n) is 7.62. The summed E-state index contributed by atoms with van der Waals surface area (Å²) in [4.78, 5) is 39.1. The van der Waals surface area contributed by atoms with Gasteiger partial charge in [-0.15, -0.1) is 0 Å². The van der Waals surface area contributed by atoms with Crippen LogP contribution in [0.1, 0.15) is 16.7 Å². The van der Waals surface area contributed by atoms with Crippen LogP contribution >= 0.6 is 72.7 Å². The lowest BCUT2D eigenvalue weighted by atomic mass is 10.1. The molecule has 0 unspecified atom stereocenters. The third-order valence-electron chi connectivity index (χ3n) is 5.14. The van der Waals surface area contributed by atoms with Crippen LogP contribution in [0.2, 0.25) is 5.02 Å².